The number of rotatable bonds is 4. The molecule has 19 heavy (non-hydrogen) atoms. The van der Waals surface area contributed by atoms with Crippen LogP contribution in [0.15, 0.2) is 24.3 Å². The van der Waals surface area contributed by atoms with Crippen molar-refractivity contribution in [2.45, 2.75) is 31.8 Å². The zero-order chi connectivity index (χ0) is 13.7. The maximum atomic E-state index is 9.15. The van der Waals surface area contributed by atoms with Crippen LogP contribution in [0.1, 0.15) is 19.8 Å². The van der Waals surface area contributed by atoms with E-state index in [4.69, 9.17) is 9.84 Å². The molecule has 0 amide bonds. The summed E-state index contributed by atoms with van der Waals surface area (Å²) < 4.78 is 5.47. The number of aliphatic hydroxyl groups is 1. The minimum absolute atomic E-state index is 0.228. The van der Waals surface area contributed by atoms with Crippen molar-refractivity contribution in [1.82, 2.24) is 5.32 Å². The quantitative estimate of drug-likeness (QED) is 0.867. The summed E-state index contributed by atoms with van der Waals surface area (Å²) in [6, 6.07) is 8.95. The SMILES string of the molecule is COc1ccccc1N1CC(CCO)NCCC1C. The highest BCUT2D eigenvalue weighted by atomic mass is 16.5. The van der Waals surface area contributed by atoms with E-state index in [2.05, 4.69) is 23.2 Å². The monoisotopic (exact) mass is 264 g/mol. The fourth-order valence-electron chi connectivity index (χ4n) is 2.69. The number of ether oxygens (including phenoxy) is 1. The van der Waals surface area contributed by atoms with Crippen LogP contribution < -0.4 is 15.0 Å². The largest absolute Gasteiger partial charge is 0.495 e. The third kappa shape index (κ3) is 3.39. The van der Waals surface area contributed by atoms with Crippen molar-refractivity contribution in [2.24, 2.45) is 0 Å². The number of para-hydroxylation sites is 2. The van der Waals surface area contributed by atoms with Gasteiger partial charge in [-0.3, -0.25) is 0 Å². The zero-order valence-corrected chi connectivity index (χ0v) is 11.8. The van der Waals surface area contributed by atoms with Crippen molar-refractivity contribution < 1.29 is 9.84 Å². The number of aliphatic hydroxyl groups excluding tert-OH is 1. The molecule has 0 radical (unpaired) electrons. The lowest BCUT2D eigenvalue weighted by Crippen LogP contribution is -2.40. The van der Waals surface area contributed by atoms with Gasteiger partial charge in [-0.2, -0.15) is 0 Å². The standard InChI is InChI=1S/C15H24N2O2/c1-12-7-9-16-13(8-10-18)11-17(12)14-5-3-4-6-15(14)19-2/h3-6,12-13,16,18H,7-11H2,1-2H3. The Hall–Kier alpha value is -1.26. The molecule has 2 atom stereocenters. The van der Waals surface area contributed by atoms with Crippen LogP contribution in [0, 0.1) is 0 Å². The van der Waals surface area contributed by atoms with Crippen molar-refractivity contribution in [3.8, 4) is 5.75 Å². The lowest BCUT2D eigenvalue weighted by molar-refractivity contribution is 0.267. The molecule has 4 heteroatoms. The first-order valence-corrected chi connectivity index (χ1v) is 7.00. The fraction of sp³-hybridized carbons (Fsp3) is 0.600. The van der Waals surface area contributed by atoms with E-state index in [0.717, 1.165) is 37.4 Å². The van der Waals surface area contributed by atoms with E-state index in [1.165, 1.54) is 0 Å². The molecular weight excluding hydrogens is 240 g/mol. The average Bonchev–Trinajstić information content (AvgIpc) is 2.61. The lowest BCUT2D eigenvalue weighted by Gasteiger charge is -2.32. The van der Waals surface area contributed by atoms with Crippen molar-refractivity contribution in [3.63, 3.8) is 0 Å². The van der Waals surface area contributed by atoms with E-state index in [0.29, 0.717) is 12.1 Å². The molecule has 1 heterocycles. The summed E-state index contributed by atoms with van der Waals surface area (Å²) in [4.78, 5) is 2.39. The third-order valence-corrected chi connectivity index (χ3v) is 3.82. The Labute approximate surface area is 115 Å². The Morgan fingerprint density at radius 1 is 1.42 bits per heavy atom. The topological polar surface area (TPSA) is 44.7 Å². The Kier molecular flexibility index (Phi) is 5.05. The fourth-order valence-corrected chi connectivity index (χ4v) is 2.69. The molecule has 2 N–H and O–H groups in total. The third-order valence-electron chi connectivity index (χ3n) is 3.82. The van der Waals surface area contributed by atoms with Gasteiger partial charge in [0.05, 0.1) is 12.8 Å². The average molecular weight is 264 g/mol. The van der Waals surface area contributed by atoms with Crippen LogP contribution in [-0.4, -0.2) is 44.0 Å². The number of hydrogen-bond acceptors (Lipinski definition) is 4. The van der Waals surface area contributed by atoms with Crippen LogP contribution in [0.4, 0.5) is 5.69 Å². The summed E-state index contributed by atoms with van der Waals surface area (Å²) in [6.45, 7) is 4.38. The molecule has 1 fully saturated rings. The van der Waals surface area contributed by atoms with Crippen LogP contribution in [0.2, 0.25) is 0 Å². The Morgan fingerprint density at radius 2 is 2.21 bits per heavy atom. The second-order valence-corrected chi connectivity index (χ2v) is 5.13. The van der Waals surface area contributed by atoms with Gasteiger partial charge in [-0.15, -0.1) is 0 Å². The van der Waals surface area contributed by atoms with Crippen molar-refractivity contribution in [3.05, 3.63) is 24.3 Å². The number of nitrogens with zero attached hydrogens (tertiary/aromatic N) is 1. The Bertz CT molecular complexity index is 397. The molecule has 0 aromatic heterocycles. The zero-order valence-electron chi connectivity index (χ0n) is 11.8. The lowest BCUT2D eigenvalue weighted by atomic mass is 10.1. The number of methoxy groups -OCH3 is 1. The van der Waals surface area contributed by atoms with Gasteiger partial charge in [0, 0.05) is 25.2 Å². The molecule has 1 aromatic rings. The molecule has 4 nitrogen and oxygen atoms in total. The molecule has 0 bridgehead atoms. The van der Waals surface area contributed by atoms with Gasteiger partial charge in [-0.1, -0.05) is 12.1 Å². The van der Waals surface area contributed by atoms with Gasteiger partial charge >= 0.3 is 0 Å². The van der Waals surface area contributed by atoms with Crippen LogP contribution in [0.3, 0.4) is 0 Å². The van der Waals surface area contributed by atoms with E-state index in [1.807, 2.05) is 18.2 Å². The molecule has 1 saturated heterocycles. The van der Waals surface area contributed by atoms with Crippen LogP contribution >= 0.6 is 0 Å². The normalized spacial score (nSPS) is 24.1. The minimum atomic E-state index is 0.228. The summed E-state index contributed by atoms with van der Waals surface area (Å²) in [6.07, 6.45) is 1.89. The van der Waals surface area contributed by atoms with Gasteiger partial charge in [0.25, 0.3) is 0 Å². The van der Waals surface area contributed by atoms with E-state index in [9.17, 15) is 0 Å². The van der Waals surface area contributed by atoms with E-state index < -0.39 is 0 Å². The molecule has 1 aromatic carbocycles. The first-order valence-electron chi connectivity index (χ1n) is 7.00. The highest BCUT2D eigenvalue weighted by Gasteiger charge is 2.24. The van der Waals surface area contributed by atoms with E-state index in [1.54, 1.807) is 7.11 Å². The molecule has 1 aliphatic heterocycles. The van der Waals surface area contributed by atoms with Gasteiger partial charge < -0.3 is 20.1 Å². The summed E-state index contributed by atoms with van der Waals surface area (Å²) in [5, 5.41) is 12.7. The van der Waals surface area contributed by atoms with Crippen LogP contribution in [0.5, 0.6) is 5.75 Å². The first kappa shape index (κ1) is 14.2. The minimum Gasteiger partial charge on any atom is -0.495 e. The second-order valence-electron chi connectivity index (χ2n) is 5.13. The molecular formula is C15H24N2O2. The number of benzene rings is 1. The number of nitrogens with one attached hydrogen (secondary N) is 1. The maximum absolute atomic E-state index is 9.15. The van der Waals surface area contributed by atoms with Crippen molar-refractivity contribution >= 4 is 5.69 Å². The summed E-state index contributed by atoms with van der Waals surface area (Å²) in [5.74, 6) is 0.916. The first-order chi connectivity index (χ1) is 9.26. The molecule has 106 valence electrons. The summed E-state index contributed by atoms with van der Waals surface area (Å²) >= 11 is 0. The van der Waals surface area contributed by atoms with Gasteiger partial charge in [-0.25, -0.2) is 0 Å². The van der Waals surface area contributed by atoms with Gasteiger partial charge in [0.2, 0.25) is 0 Å². The maximum Gasteiger partial charge on any atom is 0.142 e. The molecule has 2 unspecified atom stereocenters. The molecule has 0 spiro atoms. The Morgan fingerprint density at radius 3 is 2.95 bits per heavy atom. The predicted molar refractivity (Wildman–Crippen MR) is 77.9 cm³/mol. The summed E-state index contributed by atoms with van der Waals surface area (Å²) in [7, 11) is 1.71. The second kappa shape index (κ2) is 6.78. The highest BCUT2D eigenvalue weighted by molar-refractivity contribution is 5.59. The van der Waals surface area contributed by atoms with Gasteiger partial charge in [-0.05, 0) is 38.4 Å². The smallest absolute Gasteiger partial charge is 0.142 e. The van der Waals surface area contributed by atoms with Crippen LogP contribution in [-0.2, 0) is 0 Å². The highest BCUT2D eigenvalue weighted by Crippen LogP contribution is 2.30. The molecule has 0 saturated carbocycles. The van der Waals surface area contributed by atoms with Gasteiger partial charge in [0.15, 0.2) is 0 Å². The number of anilines is 1. The van der Waals surface area contributed by atoms with Crippen LogP contribution in [0.25, 0.3) is 0 Å². The summed E-state index contributed by atoms with van der Waals surface area (Å²) in [5.41, 5.74) is 1.14. The van der Waals surface area contributed by atoms with Crippen molar-refractivity contribution in [2.75, 3.05) is 31.7 Å². The predicted octanol–water partition coefficient (Wildman–Crippen LogP) is 1.63. The van der Waals surface area contributed by atoms with Gasteiger partial charge in [0.1, 0.15) is 5.75 Å². The molecule has 1 aliphatic rings. The molecule has 2 rings (SSSR count). The van der Waals surface area contributed by atoms with E-state index >= 15 is 0 Å². The van der Waals surface area contributed by atoms with Crippen molar-refractivity contribution in [1.29, 1.82) is 0 Å². The Balaban J connectivity index is 2.23. The molecule has 0 aliphatic carbocycles. The number of hydrogen-bond donors (Lipinski definition) is 2. The van der Waals surface area contributed by atoms with E-state index in [-0.39, 0.29) is 6.61 Å².